The van der Waals surface area contributed by atoms with Crippen LogP contribution in [0.3, 0.4) is 0 Å². The Morgan fingerprint density at radius 1 is 1.28 bits per heavy atom. The average molecular weight is 340 g/mol. The van der Waals surface area contributed by atoms with E-state index in [2.05, 4.69) is 15.5 Å². The van der Waals surface area contributed by atoms with Crippen molar-refractivity contribution in [3.05, 3.63) is 63.1 Å². The molecule has 0 spiro atoms. The minimum absolute atomic E-state index is 0.00862. The second-order valence-corrected chi connectivity index (χ2v) is 6.27. The maximum Gasteiger partial charge on any atom is 0.277 e. The molecule has 1 saturated heterocycles. The van der Waals surface area contributed by atoms with E-state index in [1.807, 2.05) is 30.3 Å². The zero-order chi connectivity index (χ0) is 18.0. The Morgan fingerprint density at radius 3 is 2.72 bits per heavy atom. The number of benzene rings is 1. The number of aromatic amines is 1. The summed E-state index contributed by atoms with van der Waals surface area (Å²) in [6, 6.07) is 9.39. The smallest absolute Gasteiger partial charge is 0.277 e. The fraction of sp³-hybridized carbons (Fsp3) is 0.333. The molecule has 3 rings (SSSR count). The topological polar surface area (TPSA) is 95.2 Å². The standard InChI is InChI=1S/C18H20N4O3/c1-11-12(2)20-21-18(25)16(11)17(24)19-14-8-15(23)22(10-14)9-13-6-4-3-5-7-13/h3-7,14H,8-10H2,1-2H3,(H,19,24)(H,21,25)/t14-/m1/s1. The molecular weight excluding hydrogens is 320 g/mol. The zero-order valence-corrected chi connectivity index (χ0v) is 14.2. The number of carbonyl (C=O) groups is 2. The minimum Gasteiger partial charge on any atom is -0.347 e. The molecule has 0 aliphatic carbocycles. The van der Waals surface area contributed by atoms with Gasteiger partial charge in [-0.15, -0.1) is 0 Å². The highest BCUT2D eigenvalue weighted by Gasteiger charge is 2.31. The SMILES string of the molecule is Cc1n[nH]c(=O)c(C(=O)N[C@@H]2CC(=O)N(Cc3ccccc3)C2)c1C. The molecule has 1 aromatic carbocycles. The molecule has 7 nitrogen and oxygen atoms in total. The van der Waals surface area contributed by atoms with Gasteiger partial charge in [0, 0.05) is 19.5 Å². The quantitative estimate of drug-likeness (QED) is 0.865. The van der Waals surface area contributed by atoms with Crippen LogP contribution in [0, 0.1) is 13.8 Å². The number of rotatable bonds is 4. The van der Waals surface area contributed by atoms with Crippen molar-refractivity contribution in [3.63, 3.8) is 0 Å². The van der Waals surface area contributed by atoms with E-state index in [0.29, 0.717) is 24.3 Å². The third kappa shape index (κ3) is 3.60. The number of hydrogen-bond donors (Lipinski definition) is 2. The predicted octanol–water partition coefficient (Wildman–Crippen LogP) is 0.918. The van der Waals surface area contributed by atoms with Crippen LogP contribution in [0.1, 0.15) is 33.6 Å². The Bertz CT molecular complexity index is 860. The van der Waals surface area contributed by atoms with E-state index in [0.717, 1.165) is 5.56 Å². The Kier molecular flexibility index (Phi) is 4.65. The summed E-state index contributed by atoms with van der Waals surface area (Å²) in [5, 5.41) is 8.97. The van der Waals surface area contributed by atoms with Gasteiger partial charge in [0.2, 0.25) is 5.91 Å². The number of amides is 2. The van der Waals surface area contributed by atoms with Gasteiger partial charge in [-0.05, 0) is 25.0 Å². The lowest BCUT2D eigenvalue weighted by atomic mass is 10.1. The van der Waals surface area contributed by atoms with Gasteiger partial charge >= 0.3 is 0 Å². The van der Waals surface area contributed by atoms with Gasteiger partial charge in [-0.3, -0.25) is 14.4 Å². The highest BCUT2D eigenvalue weighted by atomic mass is 16.2. The molecule has 1 aromatic heterocycles. The average Bonchev–Trinajstić information content (AvgIpc) is 2.91. The van der Waals surface area contributed by atoms with Gasteiger partial charge in [0.25, 0.3) is 11.5 Å². The van der Waals surface area contributed by atoms with Crippen LogP contribution in [-0.2, 0) is 11.3 Å². The number of nitrogens with zero attached hydrogens (tertiary/aromatic N) is 2. The Balaban J connectivity index is 1.69. The summed E-state index contributed by atoms with van der Waals surface area (Å²) in [6.07, 6.45) is 0.236. The molecule has 130 valence electrons. The van der Waals surface area contributed by atoms with Crippen molar-refractivity contribution in [2.45, 2.75) is 32.9 Å². The molecule has 0 radical (unpaired) electrons. The molecule has 1 aliphatic rings. The number of aromatic nitrogens is 2. The van der Waals surface area contributed by atoms with E-state index in [1.165, 1.54) is 0 Å². The maximum absolute atomic E-state index is 12.5. The predicted molar refractivity (Wildman–Crippen MR) is 92.1 cm³/mol. The number of H-pyrrole nitrogens is 1. The van der Waals surface area contributed by atoms with Gasteiger partial charge < -0.3 is 10.2 Å². The molecular formula is C18H20N4O3. The summed E-state index contributed by atoms with van der Waals surface area (Å²) in [6.45, 7) is 4.36. The molecule has 2 N–H and O–H groups in total. The van der Waals surface area contributed by atoms with Crippen LogP contribution in [0.2, 0.25) is 0 Å². The molecule has 2 amide bonds. The molecule has 0 saturated carbocycles. The first kappa shape index (κ1) is 16.9. The van der Waals surface area contributed by atoms with E-state index in [4.69, 9.17) is 0 Å². The normalized spacial score (nSPS) is 17.0. The van der Waals surface area contributed by atoms with Crippen LogP contribution in [0.25, 0.3) is 0 Å². The van der Waals surface area contributed by atoms with Gasteiger partial charge in [0.1, 0.15) is 5.56 Å². The largest absolute Gasteiger partial charge is 0.347 e. The Labute approximate surface area is 145 Å². The second-order valence-electron chi connectivity index (χ2n) is 6.27. The van der Waals surface area contributed by atoms with E-state index in [1.54, 1.807) is 18.7 Å². The molecule has 0 bridgehead atoms. The fourth-order valence-corrected chi connectivity index (χ4v) is 2.98. The molecule has 7 heteroatoms. The molecule has 1 aliphatic heterocycles. The number of hydrogen-bond acceptors (Lipinski definition) is 4. The zero-order valence-electron chi connectivity index (χ0n) is 14.2. The van der Waals surface area contributed by atoms with Crippen LogP contribution in [0.4, 0.5) is 0 Å². The van der Waals surface area contributed by atoms with Gasteiger partial charge in [0.15, 0.2) is 0 Å². The van der Waals surface area contributed by atoms with E-state index < -0.39 is 11.5 Å². The van der Waals surface area contributed by atoms with E-state index >= 15 is 0 Å². The molecule has 2 aromatic rings. The number of nitrogens with one attached hydrogen (secondary N) is 2. The lowest BCUT2D eigenvalue weighted by molar-refractivity contribution is -0.128. The first-order valence-corrected chi connectivity index (χ1v) is 8.14. The Hall–Kier alpha value is -2.96. The van der Waals surface area contributed by atoms with E-state index in [9.17, 15) is 14.4 Å². The van der Waals surface area contributed by atoms with Crippen molar-refractivity contribution in [2.75, 3.05) is 6.54 Å². The summed E-state index contributed by atoms with van der Waals surface area (Å²) in [5.74, 6) is -0.477. The van der Waals surface area contributed by atoms with Crippen LogP contribution >= 0.6 is 0 Å². The van der Waals surface area contributed by atoms with Gasteiger partial charge in [0.05, 0.1) is 11.7 Å². The molecule has 0 unspecified atom stereocenters. The highest BCUT2D eigenvalue weighted by Crippen LogP contribution is 2.16. The second kappa shape index (κ2) is 6.88. The van der Waals surface area contributed by atoms with Gasteiger partial charge in [-0.2, -0.15) is 5.10 Å². The van der Waals surface area contributed by atoms with Crippen LogP contribution in [-0.4, -0.2) is 39.5 Å². The minimum atomic E-state index is -0.522. The lowest BCUT2D eigenvalue weighted by Crippen LogP contribution is -2.40. The molecule has 2 heterocycles. The molecule has 1 fully saturated rings. The third-order valence-corrected chi connectivity index (χ3v) is 4.46. The highest BCUT2D eigenvalue weighted by molar-refractivity contribution is 5.96. The van der Waals surface area contributed by atoms with Crippen molar-refractivity contribution >= 4 is 11.8 Å². The Morgan fingerprint density at radius 2 is 2.00 bits per heavy atom. The van der Waals surface area contributed by atoms with Crippen LogP contribution in [0.15, 0.2) is 35.1 Å². The van der Waals surface area contributed by atoms with Crippen molar-refractivity contribution in [1.29, 1.82) is 0 Å². The number of carbonyl (C=O) groups excluding carboxylic acids is 2. The number of likely N-dealkylation sites (tertiary alicyclic amines) is 1. The summed E-state index contributed by atoms with van der Waals surface area (Å²) in [4.78, 5) is 38.3. The number of aryl methyl sites for hydroxylation is 1. The molecule has 25 heavy (non-hydrogen) atoms. The lowest BCUT2D eigenvalue weighted by Gasteiger charge is -2.17. The summed E-state index contributed by atoms with van der Waals surface area (Å²) in [7, 11) is 0. The first-order valence-electron chi connectivity index (χ1n) is 8.14. The first-order chi connectivity index (χ1) is 12.0. The summed E-state index contributed by atoms with van der Waals surface area (Å²) >= 11 is 0. The monoisotopic (exact) mass is 340 g/mol. The molecule has 1 atom stereocenters. The van der Waals surface area contributed by atoms with Gasteiger partial charge in [-0.1, -0.05) is 30.3 Å². The van der Waals surface area contributed by atoms with Crippen LogP contribution in [0.5, 0.6) is 0 Å². The van der Waals surface area contributed by atoms with Crippen molar-refractivity contribution in [1.82, 2.24) is 20.4 Å². The fourth-order valence-electron chi connectivity index (χ4n) is 2.98. The van der Waals surface area contributed by atoms with Gasteiger partial charge in [-0.25, -0.2) is 5.10 Å². The third-order valence-electron chi connectivity index (χ3n) is 4.46. The van der Waals surface area contributed by atoms with Crippen LogP contribution < -0.4 is 10.9 Å². The maximum atomic E-state index is 12.5. The van der Waals surface area contributed by atoms with Crippen molar-refractivity contribution in [2.24, 2.45) is 0 Å². The van der Waals surface area contributed by atoms with E-state index in [-0.39, 0.29) is 23.9 Å². The van der Waals surface area contributed by atoms with Crippen molar-refractivity contribution < 1.29 is 9.59 Å². The summed E-state index contributed by atoms with van der Waals surface area (Å²) in [5.41, 5.74) is 1.72. The van der Waals surface area contributed by atoms with Crippen molar-refractivity contribution in [3.8, 4) is 0 Å². The summed E-state index contributed by atoms with van der Waals surface area (Å²) < 4.78 is 0.